The highest BCUT2D eigenvalue weighted by atomic mass is 32.1. The molecule has 0 radical (unpaired) electrons. The fourth-order valence-corrected chi connectivity index (χ4v) is 1.39. The summed E-state index contributed by atoms with van der Waals surface area (Å²) in [5.41, 5.74) is 5.75. The van der Waals surface area contributed by atoms with Gasteiger partial charge in [-0.3, -0.25) is 4.79 Å². The molecule has 1 aromatic heterocycles. The monoisotopic (exact) mass is 230 g/mol. The molecule has 1 unspecified atom stereocenters. The first-order chi connectivity index (χ1) is 6.54. The summed E-state index contributed by atoms with van der Waals surface area (Å²) in [7, 11) is 1.63. The summed E-state index contributed by atoms with van der Waals surface area (Å²) in [5.74, 6) is -0.223. The Kier molecular flexibility index (Phi) is 3.48. The molecule has 76 valence electrons. The number of carbonyl (C=O) groups excluding carboxylic acids is 1. The van der Waals surface area contributed by atoms with Crippen LogP contribution in [0.1, 0.15) is 17.4 Å². The van der Waals surface area contributed by atoms with Gasteiger partial charge in [-0.05, 0) is 18.5 Å². The fraction of sp³-hybridized carbons (Fsp3) is 0.429. The van der Waals surface area contributed by atoms with Gasteiger partial charge in [0.2, 0.25) is 0 Å². The number of hydrogen-bond donors (Lipinski definition) is 1. The first-order valence-corrected chi connectivity index (χ1v) is 5.12. The molecular formula is C7H10N4OS2. The van der Waals surface area contributed by atoms with Crippen LogP contribution in [0.3, 0.4) is 0 Å². The molecule has 7 heteroatoms. The summed E-state index contributed by atoms with van der Waals surface area (Å²) in [6, 6.07) is -0.279. The van der Waals surface area contributed by atoms with E-state index in [0.717, 1.165) is 11.5 Å². The van der Waals surface area contributed by atoms with E-state index in [1.165, 1.54) is 4.90 Å². The predicted octanol–water partition coefficient (Wildman–Crippen LogP) is 0.285. The topological polar surface area (TPSA) is 72.1 Å². The smallest absolute Gasteiger partial charge is 0.275 e. The highest BCUT2D eigenvalue weighted by molar-refractivity contribution is 7.80. The van der Waals surface area contributed by atoms with Crippen molar-refractivity contribution in [2.24, 2.45) is 5.73 Å². The van der Waals surface area contributed by atoms with E-state index in [0.29, 0.717) is 5.69 Å². The van der Waals surface area contributed by atoms with E-state index >= 15 is 0 Å². The Morgan fingerprint density at radius 1 is 1.79 bits per heavy atom. The third-order valence-corrected chi connectivity index (χ3v) is 2.74. The molecule has 14 heavy (non-hydrogen) atoms. The summed E-state index contributed by atoms with van der Waals surface area (Å²) in [4.78, 5) is 13.4. The molecule has 2 N–H and O–H groups in total. The first kappa shape index (κ1) is 11.0. The molecule has 0 spiro atoms. The largest absolute Gasteiger partial charge is 0.392 e. The van der Waals surface area contributed by atoms with Crippen molar-refractivity contribution >= 4 is 34.6 Å². The molecular weight excluding hydrogens is 220 g/mol. The lowest BCUT2D eigenvalue weighted by molar-refractivity contribution is 0.0773. The zero-order valence-electron chi connectivity index (χ0n) is 7.80. The minimum atomic E-state index is -0.279. The lowest BCUT2D eigenvalue weighted by Gasteiger charge is -2.22. The average molecular weight is 230 g/mol. The summed E-state index contributed by atoms with van der Waals surface area (Å²) >= 11 is 5.93. The summed E-state index contributed by atoms with van der Waals surface area (Å²) < 4.78 is 3.61. The van der Waals surface area contributed by atoms with E-state index in [2.05, 4.69) is 9.59 Å². The molecule has 5 nitrogen and oxygen atoms in total. The number of thiocarbonyl (C=S) groups is 1. The number of hydrogen-bond acceptors (Lipinski definition) is 5. The molecule has 1 atom stereocenters. The number of amides is 1. The van der Waals surface area contributed by atoms with Gasteiger partial charge >= 0.3 is 0 Å². The fourth-order valence-electron chi connectivity index (χ4n) is 0.805. The number of aromatic nitrogens is 2. The van der Waals surface area contributed by atoms with Crippen molar-refractivity contribution < 1.29 is 4.79 Å². The molecule has 1 heterocycles. The van der Waals surface area contributed by atoms with Gasteiger partial charge in [-0.2, -0.15) is 0 Å². The number of rotatable bonds is 3. The second-order valence-electron chi connectivity index (χ2n) is 2.78. The van der Waals surface area contributed by atoms with Gasteiger partial charge in [0.1, 0.15) is 0 Å². The average Bonchev–Trinajstić information content (AvgIpc) is 2.67. The Balaban J connectivity index is 2.76. The summed E-state index contributed by atoms with van der Waals surface area (Å²) in [5, 5.41) is 5.26. The van der Waals surface area contributed by atoms with Crippen LogP contribution >= 0.6 is 23.8 Å². The van der Waals surface area contributed by atoms with E-state index in [-0.39, 0.29) is 16.9 Å². The van der Waals surface area contributed by atoms with Crippen LogP contribution in [0.5, 0.6) is 0 Å². The van der Waals surface area contributed by atoms with Crippen molar-refractivity contribution in [2.45, 2.75) is 13.0 Å². The summed E-state index contributed by atoms with van der Waals surface area (Å²) in [6.07, 6.45) is 0. The second-order valence-corrected chi connectivity index (χ2v) is 3.87. The highest BCUT2D eigenvalue weighted by Crippen LogP contribution is 2.05. The Hall–Kier alpha value is -1.08. The maximum absolute atomic E-state index is 11.7. The highest BCUT2D eigenvalue weighted by Gasteiger charge is 2.20. The molecule has 0 aliphatic rings. The van der Waals surface area contributed by atoms with Crippen LogP contribution in [0, 0.1) is 0 Å². The van der Waals surface area contributed by atoms with E-state index in [1.807, 2.05) is 0 Å². The zero-order chi connectivity index (χ0) is 10.7. The van der Waals surface area contributed by atoms with Crippen LogP contribution < -0.4 is 5.73 Å². The molecule has 0 aromatic carbocycles. The van der Waals surface area contributed by atoms with E-state index in [1.54, 1.807) is 19.4 Å². The van der Waals surface area contributed by atoms with Gasteiger partial charge in [0, 0.05) is 12.4 Å². The number of nitrogens with zero attached hydrogens (tertiary/aromatic N) is 3. The summed E-state index contributed by atoms with van der Waals surface area (Å²) in [6.45, 7) is 1.76. The van der Waals surface area contributed by atoms with Gasteiger partial charge in [0.25, 0.3) is 5.91 Å². The number of carbonyl (C=O) groups is 1. The van der Waals surface area contributed by atoms with Crippen LogP contribution in [0.4, 0.5) is 0 Å². The molecule has 0 saturated carbocycles. The Morgan fingerprint density at radius 2 is 2.43 bits per heavy atom. The van der Waals surface area contributed by atoms with Gasteiger partial charge in [-0.25, -0.2) is 0 Å². The van der Waals surface area contributed by atoms with Gasteiger partial charge in [-0.1, -0.05) is 16.7 Å². The lowest BCUT2D eigenvalue weighted by atomic mass is 10.3. The van der Waals surface area contributed by atoms with Gasteiger partial charge in [0.15, 0.2) is 5.69 Å². The second kappa shape index (κ2) is 4.43. The molecule has 1 aromatic rings. The van der Waals surface area contributed by atoms with Crippen LogP contribution in [0.15, 0.2) is 5.38 Å². The molecule has 0 aliphatic heterocycles. The Labute approximate surface area is 91.1 Å². The third kappa shape index (κ3) is 2.24. The maximum atomic E-state index is 11.7. The lowest BCUT2D eigenvalue weighted by Crippen LogP contribution is -2.42. The molecule has 0 aliphatic carbocycles. The Morgan fingerprint density at radius 3 is 2.86 bits per heavy atom. The van der Waals surface area contributed by atoms with Crippen molar-refractivity contribution in [2.75, 3.05) is 7.05 Å². The first-order valence-electron chi connectivity index (χ1n) is 3.87. The normalized spacial score (nSPS) is 12.1. The van der Waals surface area contributed by atoms with Gasteiger partial charge in [0.05, 0.1) is 11.0 Å². The quantitative estimate of drug-likeness (QED) is 0.755. The van der Waals surface area contributed by atoms with E-state index < -0.39 is 0 Å². The molecule has 0 bridgehead atoms. The zero-order valence-corrected chi connectivity index (χ0v) is 9.43. The molecule has 0 saturated heterocycles. The van der Waals surface area contributed by atoms with Crippen molar-refractivity contribution in [3.63, 3.8) is 0 Å². The van der Waals surface area contributed by atoms with Gasteiger partial charge in [-0.15, -0.1) is 5.10 Å². The predicted molar refractivity (Wildman–Crippen MR) is 58.2 cm³/mol. The third-order valence-electron chi connectivity index (χ3n) is 1.89. The van der Waals surface area contributed by atoms with Crippen molar-refractivity contribution in [1.82, 2.24) is 14.5 Å². The van der Waals surface area contributed by atoms with E-state index in [9.17, 15) is 4.79 Å². The van der Waals surface area contributed by atoms with Crippen LogP contribution in [-0.2, 0) is 0 Å². The Bertz CT molecular complexity index is 337. The van der Waals surface area contributed by atoms with Crippen LogP contribution in [-0.4, -0.2) is 38.5 Å². The van der Waals surface area contributed by atoms with Crippen molar-refractivity contribution in [3.8, 4) is 0 Å². The van der Waals surface area contributed by atoms with Crippen LogP contribution in [0.25, 0.3) is 0 Å². The minimum absolute atomic E-state index is 0.223. The van der Waals surface area contributed by atoms with E-state index in [4.69, 9.17) is 18.0 Å². The maximum Gasteiger partial charge on any atom is 0.275 e. The SMILES string of the molecule is CC(C(N)=S)N(C)C(=O)c1csnn1. The van der Waals surface area contributed by atoms with Gasteiger partial charge < -0.3 is 10.6 Å². The van der Waals surface area contributed by atoms with Crippen molar-refractivity contribution in [3.05, 3.63) is 11.1 Å². The number of likely N-dealkylation sites (N-methyl/N-ethyl adjacent to an activating group) is 1. The van der Waals surface area contributed by atoms with Crippen molar-refractivity contribution in [1.29, 1.82) is 0 Å². The molecule has 0 fully saturated rings. The number of nitrogens with two attached hydrogens (primary N) is 1. The minimum Gasteiger partial charge on any atom is -0.392 e. The van der Waals surface area contributed by atoms with Crippen LogP contribution in [0.2, 0.25) is 0 Å². The molecule has 1 amide bonds. The molecule has 1 rings (SSSR count). The standard InChI is InChI=1S/C7H10N4OS2/c1-4(6(8)13)11(2)7(12)5-3-14-10-9-5/h3-4H,1-2H3,(H2,8,13).